The molecule has 1 saturated heterocycles. The first-order chi connectivity index (χ1) is 10.7. The number of hydrogen-bond donors (Lipinski definition) is 0. The van der Waals surface area contributed by atoms with Gasteiger partial charge in [0.1, 0.15) is 0 Å². The maximum atomic E-state index is 10.8. The Kier molecular flexibility index (Phi) is 4.35. The number of benzene rings is 1. The summed E-state index contributed by atoms with van der Waals surface area (Å²) in [7, 11) is 1.66. The number of ether oxygens (including phenoxy) is 1. The van der Waals surface area contributed by atoms with E-state index in [1.54, 1.807) is 19.2 Å². The van der Waals surface area contributed by atoms with Gasteiger partial charge in [-0.15, -0.1) is 0 Å². The summed E-state index contributed by atoms with van der Waals surface area (Å²) in [4.78, 5) is 18.3. The van der Waals surface area contributed by atoms with Crippen molar-refractivity contribution in [2.24, 2.45) is 11.1 Å². The molecule has 22 heavy (non-hydrogen) atoms. The molecular weight excluding hydrogens is 286 g/mol. The Hall–Kier alpha value is -1.99. The van der Waals surface area contributed by atoms with Gasteiger partial charge in [0.15, 0.2) is 6.23 Å². The van der Waals surface area contributed by atoms with Crippen LogP contribution in [0.25, 0.3) is 0 Å². The summed E-state index contributed by atoms with van der Waals surface area (Å²) >= 11 is 0. The minimum atomic E-state index is -0.406. The van der Waals surface area contributed by atoms with E-state index in [4.69, 9.17) is 9.57 Å². The summed E-state index contributed by atoms with van der Waals surface area (Å²) in [5, 5.41) is 15.0. The van der Waals surface area contributed by atoms with E-state index in [0.717, 1.165) is 24.4 Å². The average molecular weight is 305 g/mol. The van der Waals surface area contributed by atoms with Crippen LogP contribution in [0.5, 0.6) is 0 Å². The zero-order valence-electron chi connectivity index (χ0n) is 12.5. The fourth-order valence-electron chi connectivity index (χ4n) is 3.07. The molecule has 0 bridgehead atoms. The van der Waals surface area contributed by atoms with E-state index in [1.807, 2.05) is 0 Å². The molecule has 2 heterocycles. The number of nitro benzene ring substituents is 1. The maximum Gasteiger partial charge on any atom is 0.269 e. The molecule has 2 atom stereocenters. The summed E-state index contributed by atoms with van der Waals surface area (Å²) in [6, 6.07) is 6.42. The molecule has 1 aromatic rings. The Morgan fingerprint density at radius 3 is 2.64 bits per heavy atom. The Labute approximate surface area is 128 Å². The topological polar surface area (TPSA) is 77.2 Å². The fraction of sp³-hybridized carbons (Fsp3) is 0.533. The molecule has 7 nitrogen and oxygen atoms in total. The molecule has 0 aromatic heterocycles. The molecule has 1 fully saturated rings. The van der Waals surface area contributed by atoms with Crippen LogP contribution in [0.2, 0.25) is 0 Å². The summed E-state index contributed by atoms with van der Waals surface area (Å²) < 4.78 is 5.33. The first kappa shape index (κ1) is 14.9. The normalized spacial score (nSPS) is 25.0. The summed E-state index contributed by atoms with van der Waals surface area (Å²) in [6.45, 7) is 2.53. The van der Waals surface area contributed by atoms with Gasteiger partial charge < -0.3 is 9.57 Å². The molecule has 2 aliphatic heterocycles. The van der Waals surface area contributed by atoms with Crippen molar-refractivity contribution in [1.29, 1.82) is 0 Å². The predicted octanol–water partition coefficient (Wildman–Crippen LogP) is 2.01. The second-order valence-corrected chi connectivity index (χ2v) is 5.58. The van der Waals surface area contributed by atoms with Gasteiger partial charge in [0.25, 0.3) is 5.69 Å². The molecular formula is C15H19N3O4. The molecule has 0 amide bonds. The molecule has 3 rings (SSSR count). The van der Waals surface area contributed by atoms with Gasteiger partial charge in [0.05, 0.1) is 23.2 Å². The average Bonchev–Trinajstić information content (AvgIpc) is 3.17. The summed E-state index contributed by atoms with van der Waals surface area (Å²) in [5.41, 5.74) is 1.71. The quantitative estimate of drug-likeness (QED) is 0.614. The zero-order chi connectivity index (χ0) is 15.5. The number of rotatable bonds is 5. The summed E-state index contributed by atoms with van der Waals surface area (Å²) in [6.07, 6.45) is 2.24. The van der Waals surface area contributed by atoms with Crippen LogP contribution in [-0.2, 0) is 9.57 Å². The number of oxime groups is 1. The monoisotopic (exact) mass is 305 g/mol. The van der Waals surface area contributed by atoms with Crippen LogP contribution in [0.15, 0.2) is 29.4 Å². The second kappa shape index (κ2) is 6.41. The van der Waals surface area contributed by atoms with Gasteiger partial charge in [-0.05, 0) is 25.0 Å². The minimum absolute atomic E-state index is 0.0181. The van der Waals surface area contributed by atoms with Gasteiger partial charge >= 0.3 is 0 Å². The molecule has 2 aliphatic rings. The smallest absolute Gasteiger partial charge is 0.269 e. The molecule has 1 aromatic carbocycles. The molecule has 0 unspecified atom stereocenters. The maximum absolute atomic E-state index is 10.8. The van der Waals surface area contributed by atoms with Crippen LogP contribution in [0.3, 0.4) is 0 Å². The Morgan fingerprint density at radius 1 is 1.36 bits per heavy atom. The number of hydrogen-bond acceptors (Lipinski definition) is 6. The van der Waals surface area contributed by atoms with E-state index in [2.05, 4.69) is 10.1 Å². The highest BCUT2D eigenvalue weighted by molar-refractivity contribution is 6.03. The second-order valence-electron chi connectivity index (χ2n) is 5.58. The number of nitro groups is 1. The lowest BCUT2D eigenvalue weighted by atomic mass is 9.95. The SMILES string of the molecule is COC[C@H]1C(c2ccc([N+](=O)[O-])cc2)=NO[C@@H]1N1CCCC1. The largest absolute Gasteiger partial charge is 0.384 e. The van der Waals surface area contributed by atoms with E-state index >= 15 is 0 Å². The lowest BCUT2D eigenvalue weighted by Crippen LogP contribution is -2.41. The van der Waals surface area contributed by atoms with Crippen LogP contribution in [0.4, 0.5) is 5.69 Å². The highest BCUT2D eigenvalue weighted by atomic mass is 16.7. The minimum Gasteiger partial charge on any atom is -0.384 e. The van der Waals surface area contributed by atoms with Gasteiger partial charge in [-0.3, -0.25) is 15.0 Å². The lowest BCUT2D eigenvalue weighted by Gasteiger charge is -2.26. The van der Waals surface area contributed by atoms with Crippen LogP contribution in [-0.4, -0.2) is 48.6 Å². The molecule has 7 heteroatoms. The Bertz CT molecular complexity index is 567. The fourth-order valence-corrected chi connectivity index (χ4v) is 3.07. The van der Waals surface area contributed by atoms with Gasteiger partial charge in [0.2, 0.25) is 0 Å². The molecule has 0 aliphatic carbocycles. The third-order valence-corrected chi connectivity index (χ3v) is 4.18. The molecule has 0 saturated carbocycles. The van der Waals surface area contributed by atoms with Crippen molar-refractivity contribution in [3.63, 3.8) is 0 Å². The van der Waals surface area contributed by atoms with E-state index in [-0.39, 0.29) is 17.8 Å². The molecule has 0 radical (unpaired) electrons. The van der Waals surface area contributed by atoms with Crippen molar-refractivity contribution in [3.05, 3.63) is 39.9 Å². The molecule has 118 valence electrons. The standard InChI is InChI=1S/C15H19N3O4/c1-21-10-13-14(11-4-6-12(7-5-11)18(19)20)16-22-15(13)17-8-2-3-9-17/h4-7,13,15H,2-3,8-10H2,1H3/t13-,15-/m0/s1. The highest BCUT2D eigenvalue weighted by Crippen LogP contribution is 2.29. The van der Waals surface area contributed by atoms with Crippen LogP contribution in [0, 0.1) is 16.0 Å². The summed E-state index contributed by atoms with van der Waals surface area (Å²) in [5.74, 6) is 0.0181. The van der Waals surface area contributed by atoms with Gasteiger partial charge in [-0.25, -0.2) is 0 Å². The third kappa shape index (κ3) is 2.82. The number of methoxy groups -OCH3 is 1. The first-order valence-electron chi connectivity index (χ1n) is 7.42. The van der Waals surface area contributed by atoms with Crippen molar-refractivity contribution in [2.75, 3.05) is 26.8 Å². The third-order valence-electron chi connectivity index (χ3n) is 4.18. The lowest BCUT2D eigenvalue weighted by molar-refractivity contribution is -0.384. The van der Waals surface area contributed by atoms with Crippen LogP contribution in [0.1, 0.15) is 18.4 Å². The van der Waals surface area contributed by atoms with Crippen molar-refractivity contribution in [1.82, 2.24) is 4.90 Å². The van der Waals surface area contributed by atoms with Crippen molar-refractivity contribution < 1.29 is 14.5 Å². The highest BCUT2D eigenvalue weighted by Gasteiger charge is 2.39. The van der Waals surface area contributed by atoms with Gasteiger partial charge in [-0.1, -0.05) is 5.16 Å². The van der Waals surface area contributed by atoms with Gasteiger partial charge in [0, 0.05) is 37.9 Å². The number of nitrogens with zero attached hydrogens (tertiary/aromatic N) is 3. The van der Waals surface area contributed by atoms with Gasteiger partial charge in [-0.2, -0.15) is 0 Å². The zero-order valence-corrected chi connectivity index (χ0v) is 12.5. The number of non-ortho nitro benzene ring substituents is 1. The molecule has 0 N–H and O–H groups in total. The van der Waals surface area contributed by atoms with Crippen LogP contribution >= 0.6 is 0 Å². The Morgan fingerprint density at radius 2 is 2.05 bits per heavy atom. The van der Waals surface area contributed by atoms with E-state index in [1.165, 1.54) is 25.0 Å². The predicted molar refractivity (Wildman–Crippen MR) is 80.7 cm³/mol. The van der Waals surface area contributed by atoms with E-state index in [9.17, 15) is 10.1 Å². The van der Waals surface area contributed by atoms with E-state index in [0.29, 0.717) is 6.61 Å². The Balaban J connectivity index is 1.80. The molecule has 0 spiro atoms. The van der Waals surface area contributed by atoms with Crippen LogP contribution < -0.4 is 0 Å². The van der Waals surface area contributed by atoms with Crippen molar-refractivity contribution in [3.8, 4) is 0 Å². The van der Waals surface area contributed by atoms with E-state index < -0.39 is 4.92 Å². The first-order valence-corrected chi connectivity index (χ1v) is 7.42. The van der Waals surface area contributed by atoms with Crippen molar-refractivity contribution >= 4 is 11.4 Å². The number of likely N-dealkylation sites (tertiary alicyclic amines) is 1. The van der Waals surface area contributed by atoms with Crippen molar-refractivity contribution in [2.45, 2.75) is 19.1 Å².